The summed E-state index contributed by atoms with van der Waals surface area (Å²) < 4.78 is 25.4. The summed E-state index contributed by atoms with van der Waals surface area (Å²) in [5.74, 6) is 2.04. The van der Waals surface area contributed by atoms with E-state index < -0.39 is 0 Å². The first kappa shape index (κ1) is 18.9. The summed E-state index contributed by atoms with van der Waals surface area (Å²) >= 11 is 1.70. The van der Waals surface area contributed by atoms with Gasteiger partial charge in [0.1, 0.15) is 12.4 Å². The number of hydrogen-bond donors (Lipinski definition) is 1. The van der Waals surface area contributed by atoms with Crippen LogP contribution in [0.15, 0.2) is 47.4 Å². The highest BCUT2D eigenvalue weighted by molar-refractivity contribution is 7.99. The van der Waals surface area contributed by atoms with Gasteiger partial charge in [0.05, 0.1) is 12.6 Å². The molecule has 2 aromatic carbocycles. The SMILES string of the molecule is CCN(CC1COc2ccccc2O1)C(=O)NC1CCSc2ccc(F)cc21. The number of benzene rings is 2. The van der Waals surface area contributed by atoms with E-state index in [1.807, 2.05) is 31.2 Å². The van der Waals surface area contributed by atoms with E-state index in [1.165, 1.54) is 12.1 Å². The van der Waals surface area contributed by atoms with Crippen molar-refractivity contribution in [2.24, 2.45) is 0 Å². The van der Waals surface area contributed by atoms with Gasteiger partial charge < -0.3 is 19.7 Å². The van der Waals surface area contributed by atoms with Gasteiger partial charge in [0.25, 0.3) is 0 Å². The zero-order valence-corrected chi connectivity index (χ0v) is 16.5. The molecule has 2 aliphatic heterocycles. The van der Waals surface area contributed by atoms with Crippen molar-refractivity contribution in [1.82, 2.24) is 10.2 Å². The highest BCUT2D eigenvalue weighted by Crippen LogP contribution is 2.36. The summed E-state index contributed by atoms with van der Waals surface area (Å²) in [5, 5.41) is 3.07. The summed E-state index contributed by atoms with van der Waals surface area (Å²) in [7, 11) is 0. The Morgan fingerprint density at radius 3 is 2.93 bits per heavy atom. The van der Waals surface area contributed by atoms with Crippen LogP contribution in [0.1, 0.15) is 24.9 Å². The van der Waals surface area contributed by atoms with Gasteiger partial charge in [-0.2, -0.15) is 0 Å². The predicted octanol–water partition coefficient (Wildman–Crippen LogP) is 4.23. The Balaban J connectivity index is 1.41. The lowest BCUT2D eigenvalue weighted by Gasteiger charge is -2.33. The van der Waals surface area contributed by atoms with Gasteiger partial charge in [-0.3, -0.25) is 0 Å². The van der Waals surface area contributed by atoms with Crippen molar-refractivity contribution in [3.8, 4) is 11.5 Å². The lowest BCUT2D eigenvalue weighted by molar-refractivity contribution is 0.0671. The Morgan fingerprint density at radius 1 is 1.29 bits per heavy atom. The third kappa shape index (κ3) is 4.04. The van der Waals surface area contributed by atoms with Crippen LogP contribution in [0.3, 0.4) is 0 Å². The van der Waals surface area contributed by atoms with E-state index in [1.54, 1.807) is 22.7 Å². The quantitative estimate of drug-likeness (QED) is 0.831. The van der Waals surface area contributed by atoms with E-state index in [9.17, 15) is 9.18 Å². The average Bonchev–Trinajstić information content (AvgIpc) is 2.72. The van der Waals surface area contributed by atoms with Gasteiger partial charge >= 0.3 is 6.03 Å². The molecule has 0 saturated heterocycles. The minimum atomic E-state index is -0.278. The molecule has 2 amide bonds. The van der Waals surface area contributed by atoms with E-state index in [0.29, 0.717) is 25.4 Å². The summed E-state index contributed by atoms with van der Waals surface area (Å²) in [6.07, 6.45) is 0.549. The highest BCUT2D eigenvalue weighted by atomic mass is 32.2. The second-order valence-electron chi connectivity index (χ2n) is 6.86. The van der Waals surface area contributed by atoms with Gasteiger partial charge in [0.2, 0.25) is 0 Å². The maximum Gasteiger partial charge on any atom is 0.318 e. The van der Waals surface area contributed by atoms with Crippen molar-refractivity contribution in [3.05, 3.63) is 53.8 Å². The Hall–Kier alpha value is -2.41. The van der Waals surface area contributed by atoms with E-state index >= 15 is 0 Å². The number of ether oxygens (including phenoxy) is 2. The molecule has 0 bridgehead atoms. The van der Waals surface area contributed by atoms with Gasteiger partial charge in [-0.05, 0) is 49.2 Å². The summed E-state index contributed by atoms with van der Waals surface area (Å²) in [6, 6.07) is 12.0. The molecular weight excluding hydrogens is 379 g/mol. The number of fused-ring (bicyclic) bond motifs is 2. The maximum atomic E-state index is 13.7. The minimum Gasteiger partial charge on any atom is -0.486 e. The van der Waals surface area contributed by atoms with E-state index in [4.69, 9.17) is 9.47 Å². The van der Waals surface area contributed by atoms with Crippen molar-refractivity contribution >= 4 is 17.8 Å². The van der Waals surface area contributed by atoms with E-state index in [2.05, 4.69) is 5.32 Å². The number of hydrogen-bond acceptors (Lipinski definition) is 4. The van der Waals surface area contributed by atoms with Gasteiger partial charge in [-0.15, -0.1) is 11.8 Å². The molecule has 0 radical (unpaired) electrons. The van der Waals surface area contributed by atoms with Crippen LogP contribution in [0.5, 0.6) is 11.5 Å². The van der Waals surface area contributed by atoms with Crippen LogP contribution < -0.4 is 14.8 Å². The van der Waals surface area contributed by atoms with Crippen LogP contribution in [-0.4, -0.2) is 42.5 Å². The fourth-order valence-electron chi connectivity index (χ4n) is 3.51. The number of para-hydroxylation sites is 2. The van der Waals surface area contributed by atoms with Gasteiger partial charge in [0, 0.05) is 17.2 Å². The van der Waals surface area contributed by atoms with Crippen LogP contribution in [0.2, 0.25) is 0 Å². The van der Waals surface area contributed by atoms with Gasteiger partial charge in [-0.25, -0.2) is 9.18 Å². The Labute approximate surface area is 168 Å². The number of nitrogens with zero attached hydrogens (tertiary/aromatic N) is 1. The number of rotatable bonds is 4. The molecule has 5 nitrogen and oxygen atoms in total. The lowest BCUT2D eigenvalue weighted by atomic mass is 10.0. The molecule has 7 heteroatoms. The number of amides is 2. The molecule has 148 valence electrons. The molecule has 4 rings (SSSR count). The molecule has 0 aliphatic carbocycles. The summed E-state index contributed by atoms with van der Waals surface area (Å²) in [6.45, 7) is 3.30. The third-order valence-electron chi connectivity index (χ3n) is 4.97. The summed E-state index contributed by atoms with van der Waals surface area (Å²) in [5.41, 5.74) is 0.854. The second-order valence-corrected chi connectivity index (χ2v) is 7.99. The molecular formula is C21H23FN2O3S. The predicted molar refractivity (Wildman–Crippen MR) is 107 cm³/mol. The lowest BCUT2D eigenvalue weighted by Crippen LogP contribution is -2.48. The standard InChI is InChI=1S/C21H23FN2O3S/c1-2-24(12-15-13-26-18-5-3-4-6-19(18)27-15)21(25)23-17-9-10-28-20-8-7-14(22)11-16(17)20/h3-8,11,15,17H,2,9-10,12-13H2,1H3,(H,23,25). The first-order valence-electron chi connectivity index (χ1n) is 9.50. The fraction of sp³-hybridized carbons (Fsp3) is 0.381. The Kier molecular flexibility index (Phi) is 5.62. The normalized spacial score (nSPS) is 20.2. The van der Waals surface area contributed by atoms with E-state index in [0.717, 1.165) is 28.4 Å². The maximum absolute atomic E-state index is 13.7. The smallest absolute Gasteiger partial charge is 0.318 e. The number of halogens is 1. The first-order valence-corrected chi connectivity index (χ1v) is 10.5. The van der Waals surface area contributed by atoms with Crippen molar-refractivity contribution in [1.29, 1.82) is 0 Å². The highest BCUT2D eigenvalue weighted by Gasteiger charge is 2.28. The van der Waals surface area contributed by atoms with Crippen LogP contribution in [0, 0.1) is 5.82 Å². The molecule has 0 saturated carbocycles. The Bertz CT molecular complexity index is 863. The zero-order valence-electron chi connectivity index (χ0n) is 15.7. The zero-order chi connectivity index (χ0) is 19.5. The van der Waals surface area contributed by atoms with Gasteiger partial charge in [0.15, 0.2) is 17.6 Å². The van der Waals surface area contributed by atoms with Crippen molar-refractivity contribution in [2.45, 2.75) is 30.4 Å². The molecule has 28 heavy (non-hydrogen) atoms. The molecule has 1 N–H and O–H groups in total. The number of carbonyl (C=O) groups excluding carboxylic acids is 1. The molecule has 2 heterocycles. The van der Waals surface area contributed by atoms with Crippen LogP contribution in [-0.2, 0) is 0 Å². The number of thioether (sulfide) groups is 1. The fourth-order valence-corrected chi connectivity index (χ4v) is 4.62. The van der Waals surface area contributed by atoms with Crippen LogP contribution in [0.25, 0.3) is 0 Å². The molecule has 2 unspecified atom stereocenters. The summed E-state index contributed by atoms with van der Waals surface area (Å²) in [4.78, 5) is 15.6. The van der Waals surface area contributed by atoms with Crippen molar-refractivity contribution in [3.63, 3.8) is 0 Å². The second kappa shape index (κ2) is 8.31. The molecule has 2 aliphatic rings. The number of likely N-dealkylation sites (N-methyl/N-ethyl adjacent to an activating group) is 1. The van der Waals surface area contributed by atoms with E-state index in [-0.39, 0.29) is 24.0 Å². The van der Waals surface area contributed by atoms with Crippen LogP contribution >= 0.6 is 11.8 Å². The molecule has 0 spiro atoms. The Morgan fingerprint density at radius 2 is 2.11 bits per heavy atom. The topological polar surface area (TPSA) is 50.8 Å². The van der Waals surface area contributed by atoms with Crippen molar-refractivity contribution in [2.75, 3.05) is 25.4 Å². The minimum absolute atomic E-state index is 0.169. The number of carbonyl (C=O) groups is 1. The largest absolute Gasteiger partial charge is 0.486 e. The third-order valence-corrected chi connectivity index (χ3v) is 6.09. The average molecular weight is 402 g/mol. The van der Waals surface area contributed by atoms with Gasteiger partial charge in [-0.1, -0.05) is 12.1 Å². The molecule has 0 fully saturated rings. The molecule has 0 aromatic heterocycles. The molecule has 2 atom stereocenters. The van der Waals surface area contributed by atoms with Crippen LogP contribution in [0.4, 0.5) is 9.18 Å². The van der Waals surface area contributed by atoms with Crippen molar-refractivity contribution < 1.29 is 18.7 Å². The monoisotopic (exact) mass is 402 g/mol. The number of nitrogens with one attached hydrogen (secondary N) is 1. The first-order chi connectivity index (χ1) is 13.6. The molecule has 2 aromatic rings. The number of urea groups is 1.